The quantitative estimate of drug-likeness (QED) is 0.728. The maximum atomic E-state index is 11.9. The molecule has 0 aromatic rings. The van der Waals surface area contributed by atoms with Crippen LogP contribution < -0.4 is 10.0 Å². The van der Waals surface area contributed by atoms with E-state index in [0.29, 0.717) is 19.6 Å². The summed E-state index contributed by atoms with van der Waals surface area (Å²) in [6.07, 6.45) is 1.99. The van der Waals surface area contributed by atoms with E-state index in [1.165, 1.54) is 4.31 Å². The third-order valence-electron chi connectivity index (χ3n) is 2.65. The molecule has 1 aliphatic heterocycles. The minimum atomic E-state index is -3.30. The monoisotopic (exact) mass is 267 g/mol. The fraction of sp³-hybridized carbons (Fsp3) is 1.00. The Morgan fingerprint density at radius 3 is 2.44 bits per heavy atom. The smallest absolute Gasteiger partial charge is 0.279 e. The van der Waals surface area contributed by atoms with Crippen molar-refractivity contribution in [3.63, 3.8) is 0 Å². The van der Waals surface area contributed by atoms with Gasteiger partial charge in [-0.1, -0.05) is 0 Å². The molecule has 0 aromatic heterocycles. The Morgan fingerprint density at radius 2 is 1.94 bits per heavy atom. The molecule has 16 heavy (non-hydrogen) atoms. The van der Waals surface area contributed by atoms with Crippen LogP contribution in [0.1, 0.15) is 13.8 Å². The van der Waals surface area contributed by atoms with E-state index in [-0.39, 0.29) is 4.75 Å². The van der Waals surface area contributed by atoms with Crippen molar-refractivity contribution in [2.24, 2.45) is 0 Å². The van der Waals surface area contributed by atoms with Gasteiger partial charge in [0.2, 0.25) is 0 Å². The van der Waals surface area contributed by atoms with Crippen molar-refractivity contribution >= 4 is 22.0 Å². The van der Waals surface area contributed by atoms with Gasteiger partial charge >= 0.3 is 0 Å². The summed E-state index contributed by atoms with van der Waals surface area (Å²) in [5.41, 5.74) is 0. The van der Waals surface area contributed by atoms with Crippen molar-refractivity contribution in [3.05, 3.63) is 0 Å². The number of hydrogen-bond acceptors (Lipinski definition) is 4. The Bertz CT molecular complexity index is 311. The lowest BCUT2D eigenvalue weighted by Gasteiger charge is -2.29. The summed E-state index contributed by atoms with van der Waals surface area (Å²) in [5.74, 6) is 0. The molecule has 1 fully saturated rings. The van der Waals surface area contributed by atoms with E-state index < -0.39 is 10.2 Å². The van der Waals surface area contributed by atoms with Crippen LogP contribution in [0.4, 0.5) is 0 Å². The third kappa shape index (κ3) is 4.21. The van der Waals surface area contributed by atoms with Crippen LogP contribution in [0.2, 0.25) is 0 Å². The minimum absolute atomic E-state index is 0.0683. The highest BCUT2D eigenvalue weighted by atomic mass is 32.2. The average molecular weight is 267 g/mol. The minimum Gasteiger partial charge on any atom is -0.314 e. The molecule has 0 saturated carbocycles. The van der Waals surface area contributed by atoms with Crippen LogP contribution in [0.3, 0.4) is 0 Å². The van der Waals surface area contributed by atoms with Crippen LogP contribution in [0, 0.1) is 0 Å². The number of rotatable bonds is 5. The van der Waals surface area contributed by atoms with Crippen LogP contribution >= 0.6 is 11.8 Å². The fourth-order valence-electron chi connectivity index (χ4n) is 1.31. The van der Waals surface area contributed by atoms with Crippen molar-refractivity contribution in [2.75, 3.05) is 39.0 Å². The summed E-state index contributed by atoms with van der Waals surface area (Å²) in [4.78, 5) is 0. The van der Waals surface area contributed by atoms with Crippen LogP contribution in [-0.2, 0) is 10.2 Å². The zero-order valence-corrected chi connectivity index (χ0v) is 11.7. The van der Waals surface area contributed by atoms with Gasteiger partial charge in [0.15, 0.2) is 0 Å². The molecular formula is C9H21N3O2S2. The Kier molecular flexibility index (Phi) is 5.06. The summed E-state index contributed by atoms with van der Waals surface area (Å²) in [6.45, 7) is 7.07. The predicted molar refractivity (Wildman–Crippen MR) is 69.0 cm³/mol. The highest BCUT2D eigenvalue weighted by molar-refractivity contribution is 8.00. The average Bonchev–Trinajstić information content (AvgIpc) is 2.28. The van der Waals surface area contributed by atoms with Gasteiger partial charge in [0, 0.05) is 37.5 Å². The fourth-order valence-corrected chi connectivity index (χ4v) is 3.01. The molecule has 1 aliphatic rings. The lowest BCUT2D eigenvalue weighted by Crippen LogP contribution is -2.52. The largest absolute Gasteiger partial charge is 0.314 e. The van der Waals surface area contributed by atoms with Crippen molar-refractivity contribution in [3.8, 4) is 0 Å². The van der Waals surface area contributed by atoms with E-state index in [4.69, 9.17) is 0 Å². The Morgan fingerprint density at radius 1 is 1.38 bits per heavy atom. The summed E-state index contributed by atoms with van der Waals surface area (Å²) < 4.78 is 28.0. The second kappa shape index (κ2) is 5.68. The molecule has 7 heteroatoms. The van der Waals surface area contributed by atoms with Crippen molar-refractivity contribution in [1.29, 1.82) is 0 Å². The molecular weight excluding hydrogens is 246 g/mol. The van der Waals surface area contributed by atoms with Gasteiger partial charge < -0.3 is 5.32 Å². The summed E-state index contributed by atoms with van der Waals surface area (Å²) in [6, 6.07) is 0. The molecule has 1 rings (SSSR count). The first kappa shape index (κ1) is 14.2. The molecule has 0 atom stereocenters. The number of piperazine rings is 1. The molecule has 0 amide bonds. The van der Waals surface area contributed by atoms with Crippen molar-refractivity contribution < 1.29 is 8.42 Å². The number of hydrogen-bond donors (Lipinski definition) is 2. The van der Waals surface area contributed by atoms with Gasteiger partial charge in [-0.3, -0.25) is 0 Å². The number of nitrogens with one attached hydrogen (secondary N) is 2. The number of nitrogens with zero attached hydrogens (tertiary/aromatic N) is 1. The van der Waals surface area contributed by atoms with Gasteiger partial charge in [-0.2, -0.15) is 24.5 Å². The standard InChI is InChI=1S/C9H21N3O2S2/c1-9(2,15-3)8-11-16(13,14)12-6-4-10-5-7-12/h10-11H,4-8H2,1-3H3. The van der Waals surface area contributed by atoms with E-state index in [1.807, 2.05) is 20.1 Å². The molecule has 0 bridgehead atoms. The molecule has 0 unspecified atom stereocenters. The Labute approximate surface area is 103 Å². The zero-order valence-electron chi connectivity index (χ0n) is 10.1. The molecule has 0 spiro atoms. The van der Waals surface area contributed by atoms with Gasteiger partial charge in [-0.25, -0.2) is 4.72 Å². The highest BCUT2D eigenvalue weighted by Gasteiger charge is 2.26. The van der Waals surface area contributed by atoms with E-state index >= 15 is 0 Å². The van der Waals surface area contributed by atoms with E-state index in [1.54, 1.807) is 11.8 Å². The maximum absolute atomic E-state index is 11.9. The van der Waals surface area contributed by atoms with Crippen LogP contribution in [-0.4, -0.2) is 56.4 Å². The van der Waals surface area contributed by atoms with Gasteiger partial charge in [0.05, 0.1) is 0 Å². The molecule has 2 N–H and O–H groups in total. The third-order valence-corrected chi connectivity index (χ3v) is 5.45. The van der Waals surface area contributed by atoms with E-state index in [9.17, 15) is 8.42 Å². The topological polar surface area (TPSA) is 61.4 Å². The van der Waals surface area contributed by atoms with Gasteiger partial charge in [0.1, 0.15) is 0 Å². The normalized spacial score (nSPS) is 19.9. The maximum Gasteiger partial charge on any atom is 0.279 e. The molecule has 96 valence electrons. The first-order valence-electron chi connectivity index (χ1n) is 5.38. The molecule has 1 saturated heterocycles. The number of thioether (sulfide) groups is 1. The molecule has 0 aliphatic carbocycles. The first-order chi connectivity index (χ1) is 7.37. The van der Waals surface area contributed by atoms with Gasteiger partial charge in [0.25, 0.3) is 10.2 Å². The summed E-state index contributed by atoms with van der Waals surface area (Å²) >= 11 is 1.66. The van der Waals surface area contributed by atoms with Crippen molar-refractivity contribution in [2.45, 2.75) is 18.6 Å². The van der Waals surface area contributed by atoms with Gasteiger partial charge in [-0.15, -0.1) is 0 Å². The van der Waals surface area contributed by atoms with Crippen LogP contribution in [0.5, 0.6) is 0 Å². The lowest BCUT2D eigenvalue weighted by molar-refractivity contribution is 0.354. The SMILES string of the molecule is CSC(C)(C)CNS(=O)(=O)N1CCNCC1. The molecule has 1 heterocycles. The zero-order chi connectivity index (χ0) is 12.2. The van der Waals surface area contributed by atoms with E-state index in [2.05, 4.69) is 10.0 Å². The lowest BCUT2D eigenvalue weighted by atomic mass is 10.2. The molecule has 5 nitrogen and oxygen atoms in total. The highest BCUT2D eigenvalue weighted by Crippen LogP contribution is 2.20. The second-order valence-corrected chi connectivity index (χ2v) is 7.71. The second-order valence-electron chi connectivity index (χ2n) is 4.44. The van der Waals surface area contributed by atoms with Gasteiger partial charge in [-0.05, 0) is 20.1 Å². The molecule has 0 aromatic carbocycles. The molecule has 0 radical (unpaired) electrons. The van der Waals surface area contributed by atoms with Crippen LogP contribution in [0.25, 0.3) is 0 Å². The van der Waals surface area contributed by atoms with Crippen LogP contribution in [0.15, 0.2) is 0 Å². The van der Waals surface area contributed by atoms with E-state index in [0.717, 1.165) is 13.1 Å². The predicted octanol–water partition coefficient (Wildman–Crippen LogP) is -0.132. The van der Waals surface area contributed by atoms with Crippen molar-refractivity contribution in [1.82, 2.24) is 14.3 Å². The summed E-state index contributed by atoms with van der Waals surface area (Å²) in [5, 5.41) is 3.13. The Balaban J connectivity index is 2.51. The Hall–Kier alpha value is 0.180. The summed E-state index contributed by atoms with van der Waals surface area (Å²) in [7, 11) is -3.30. The first-order valence-corrected chi connectivity index (χ1v) is 8.04.